The maximum absolute atomic E-state index is 10.7. The number of rotatable bonds is 3. The van der Waals surface area contributed by atoms with Crippen molar-refractivity contribution in [2.45, 2.75) is 18.9 Å². The number of benzene rings is 1. The lowest BCUT2D eigenvalue weighted by Gasteiger charge is -2.29. The molecule has 2 heterocycles. The van der Waals surface area contributed by atoms with E-state index >= 15 is 0 Å². The number of anilines is 1. The first kappa shape index (κ1) is 15.0. The molecule has 0 spiro atoms. The predicted octanol–water partition coefficient (Wildman–Crippen LogP) is 2.08. The first-order valence-corrected chi connectivity index (χ1v) is 7.17. The minimum Gasteiger partial charge on any atom is -0.419 e. The molecule has 0 aliphatic carbocycles. The standard InChI is InChI=1S/C15H14N4O4/c16-8-13-15(18-7-1-2-12(20)9-18)23-14(17-13)10-3-5-11(6-4-10)19(21)22/h3-6,12,20H,1-2,7,9H2/t12-/m0/s1. The van der Waals surface area contributed by atoms with Gasteiger partial charge in [-0.1, -0.05) is 0 Å². The molecule has 2 aromatic rings. The normalized spacial score (nSPS) is 17.7. The quantitative estimate of drug-likeness (QED) is 0.680. The van der Waals surface area contributed by atoms with Crippen molar-refractivity contribution in [2.75, 3.05) is 18.0 Å². The predicted molar refractivity (Wildman–Crippen MR) is 80.8 cm³/mol. The first-order valence-electron chi connectivity index (χ1n) is 7.17. The molecule has 1 fully saturated rings. The van der Waals surface area contributed by atoms with Crippen LogP contribution in [0.5, 0.6) is 0 Å². The van der Waals surface area contributed by atoms with Crippen molar-refractivity contribution in [3.8, 4) is 17.5 Å². The number of aliphatic hydroxyl groups excluding tert-OH is 1. The zero-order valence-corrected chi connectivity index (χ0v) is 12.2. The van der Waals surface area contributed by atoms with E-state index in [1.54, 1.807) is 4.90 Å². The van der Waals surface area contributed by atoms with Gasteiger partial charge < -0.3 is 14.4 Å². The summed E-state index contributed by atoms with van der Waals surface area (Å²) >= 11 is 0. The molecule has 23 heavy (non-hydrogen) atoms. The highest BCUT2D eigenvalue weighted by Gasteiger charge is 2.25. The van der Waals surface area contributed by atoms with Crippen LogP contribution in [0.25, 0.3) is 11.5 Å². The van der Waals surface area contributed by atoms with Crippen molar-refractivity contribution in [1.82, 2.24) is 4.98 Å². The van der Waals surface area contributed by atoms with Gasteiger partial charge >= 0.3 is 0 Å². The number of aromatic nitrogens is 1. The van der Waals surface area contributed by atoms with Gasteiger partial charge in [0.25, 0.3) is 5.69 Å². The Morgan fingerprint density at radius 3 is 2.78 bits per heavy atom. The second kappa shape index (κ2) is 6.06. The molecule has 1 aromatic heterocycles. The maximum atomic E-state index is 10.7. The molecule has 3 rings (SSSR count). The first-order chi connectivity index (χ1) is 11.1. The van der Waals surface area contributed by atoms with Crippen molar-refractivity contribution >= 4 is 11.6 Å². The Kier molecular flexibility index (Phi) is 3.95. The van der Waals surface area contributed by atoms with Gasteiger partial charge in [0.1, 0.15) is 6.07 Å². The van der Waals surface area contributed by atoms with Crippen molar-refractivity contribution in [2.24, 2.45) is 0 Å². The number of nitro groups is 1. The van der Waals surface area contributed by atoms with Crippen LogP contribution >= 0.6 is 0 Å². The summed E-state index contributed by atoms with van der Waals surface area (Å²) < 4.78 is 5.69. The number of nitro benzene ring substituents is 1. The lowest BCUT2D eigenvalue weighted by atomic mass is 10.1. The highest BCUT2D eigenvalue weighted by molar-refractivity contribution is 5.61. The highest BCUT2D eigenvalue weighted by Crippen LogP contribution is 2.30. The summed E-state index contributed by atoms with van der Waals surface area (Å²) in [5, 5.41) is 29.7. The third-order valence-electron chi connectivity index (χ3n) is 3.72. The van der Waals surface area contributed by atoms with Crippen LogP contribution in [-0.2, 0) is 0 Å². The van der Waals surface area contributed by atoms with Crippen molar-refractivity contribution in [1.29, 1.82) is 5.26 Å². The Bertz CT molecular complexity index is 763. The summed E-state index contributed by atoms with van der Waals surface area (Å²) in [7, 11) is 0. The average Bonchev–Trinajstić information content (AvgIpc) is 2.99. The SMILES string of the molecule is N#Cc1nc(-c2ccc([N+](=O)[O-])cc2)oc1N1CCC[C@H](O)C1. The summed E-state index contributed by atoms with van der Waals surface area (Å²) in [5.74, 6) is 0.561. The van der Waals surface area contributed by atoms with Gasteiger partial charge in [-0.3, -0.25) is 10.1 Å². The van der Waals surface area contributed by atoms with Crippen LogP contribution < -0.4 is 4.90 Å². The smallest absolute Gasteiger partial charge is 0.269 e. The van der Waals surface area contributed by atoms with E-state index in [1.165, 1.54) is 24.3 Å². The maximum Gasteiger partial charge on any atom is 0.269 e. The van der Waals surface area contributed by atoms with Crippen LogP contribution in [0, 0.1) is 21.4 Å². The molecule has 0 saturated carbocycles. The van der Waals surface area contributed by atoms with Gasteiger partial charge in [-0.15, -0.1) is 0 Å². The van der Waals surface area contributed by atoms with Crippen LogP contribution in [0.2, 0.25) is 0 Å². The minimum absolute atomic E-state index is 0.0276. The van der Waals surface area contributed by atoms with Crippen LogP contribution in [-0.4, -0.2) is 34.2 Å². The monoisotopic (exact) mass is 314 g/mol. The molecule has 118 valence electrons. The highest BCUT2D eigenvalue weighted by atomic mass is 16.6. The number of hydrogen-bond acceptors (Lipinski definition) is 7. The molecule has 1 aliphatic heterocycles. The summed E-state index contributed by atoms with van der Waals surface area (Å²) in [4.78, 5) is 16.2. The molecule has 1 N–H and O–H groups in total. The fourth-order valence-electron chi connectivity index (χ4n) is 2.59. The van der Waals surface area contributed by atoms with Gasteiger partial charge in [-0.05, 0) is 25.0 Å². The molecular weight excluding hydrogens is 300 g/mol. The fourth-order valence-corrected chi connectivity index (χ4v) is 2.59. The molecule has 8 heteroatoms. The number of aliphatic hydroxyl groups is 1. The van der Waals surface area contributed by atoms with E-state index < -0.39 is 11.0 Å². The van der Waals surface area contributed by atoms with E-state index in [2.05, 4.69) is 4.98 Å². The number of hydrogen-bond donors (Lipinski definition) is 1. The molecule has 1 aliphatic rings. The lowest BCUT2D eigenvalue weighted by Crippen LogP contribution is -2.38. The second-order valence-electron chi connectivity index (χ2n) is 5.33. The van der Waals surface area contributed by atoms with Crippen LogP contribution in [0.15, 0.2) is 28.7 Å². The zero-order valence-electron chi connectivity index (χ0n) is 12.2. The van der Waals surface area contributed by atoms with E-state index in [0.29, 0.717) is 24.5 Å². The summed E-state index contributed by atoms with van der Waals surface area (Å²) in [6.45, 7) is 1.07. The fraction of sp³-hybridized carbons (Fsp3) is 0.333. The van der Waals surface area contributed by atoms with Gasteiger partial charge in [-0.2, -0.15) is 10.2 Å². The summed E-state index contributed by atoms with van der Waals surface area (Å²) in [6, 6.07) is 7.76. The van der Waals surface area contributed by atoms with E-state index in [0.717, 1.165) is 12.8 Å². The third-order valence-corrected chi connectivity index (χ3v) is 3.72. The van der Waals surface area contributed by atoms with Crippen molar-refractivity contribution < 1.29 is 14.4 Å². The van der Waals surface area contributed by atoms with E-state index in [4.69, 9.17) is 4.42 Å². The third kappa shape index (κ3) is 3.00. The van der Waals surface area contributed by atoms with Crippen LogP contribution in [0.3, 0.4) is 0 Å². The second-order valence-corrected chi connectivity index (χ2v) is 5.33. The van der Waals surface area contributed by atoms with Crippen molar-refractivity contribution in [3.05, 3.63) is 40.1 Å². The largest absolute Gasteiger partial charge is 0.419 e. The van der Waals surface area contributed by atoms with Crippen molar-refractivity contribution in [3.63, 3.8) is 0 Å². The molecule has 1 saturated heterocycles. The van der Waals surface area contributed by atoms with Gasteiger partial charge in [0.15, 0.2) is 0 Å². The van der Waals surface area contributed by atoms with Gasteiger partial charge in [-0.25, -0.2) is 0 Å². The molecule has 0 unspecified atom stereocenters. The molecule has 8 nitrogen and oxygen atoms in total. The zero-order chi connectivity index (χ0) is 16.4. The molecule has 1 aromatic carbocycles. The Balaban J connectivity index is 1.92. The molecule has 0 bridgehead atoms. The Labute approximate surface area is 131 Å². The molecule has 0 radical (unpaired) electrons. The van der Waals surface area contributed by atoms with Crippen LogP contribution in [0.4, 0.5) is 11.6 Å². The van der Waals surface area contributed by atoms with E-state index in [9.17, 15) is 20.5 Å². The topological polar surface area (TPSA) is 116 Å². The van der Waals surface area contributed by atoms with Gasteiger partial charge in [0.05, 0.1) is 11.0 Å². The number of β-amino-alcohol motifs (C(OH)–C–C–N with tert-alkyl or cyclic N) is 1. The number of non-ortho nitro benzene ring substituents is 1. The molecular formula is C15H14N4O4. The van der Waals surface area contributed by atoms with E-state index in [-0.39, 0.29) is 17.3 Å². The average molecular weight is 314 g/mol. The minimum atomic E-state index is -0.486. The van der Waals surface area contributed by atoms with Gasteiger partial charge in [0.2, 0.25) is 17.5 Å². The summed E-state index contributed by atoms with van der Waals surface area (Å²) in [6.07, 6.45) is 1.07. The Morgan fingerprint density at radius 1 is 1.43 bits per heavy atom. The number of piperidine rings is 1. The van der Waals surface area contributed by atoms with Crippen LogP contribution in [0.1, 0.15) is 18.5 Å². The number of nitrogens with zero attached hydrogens (tertiary/aromatic N) is 4. The van der Waals surface area contributed by atoms with E-state index in [1.807, 2.05) is 6.07 Å². The number of nitriles is 1. The Morgan fingerprint density at radius 2 is 2.17 bits per heavy atom. The molecule has 1 atom stereocenters. The Hall–Kier alpha value is -2.92. The summed E-state index contributed by atoms with van der Waals surface area (Å²) in [5.41, 5.74) is 0.670. The molecule has 0 amide bonds. The van der Waals surface area contributed by atoms with Gasteiger partial charge in [0, 0.05) is 30.8 Å². The lowest BCUT2D eigenvalue weighted by molar-refractivity contribution is -0.384. The number of oxazole rings is 1.